The molecule has 0 saturated carbocycles. The van der Waals surface area contributed by atoms with Crippen LogP contribution < -0.4 is 0 Å². The molecule has 0 spiro atoms. The maximum absolute atomic E-state index is 12.0. The van der Waals surface area contributed by atoms with Gasteiger partial charge in [0.1, 0.15) is 0 Å². The molecule has 0 bridgehead atoms. The van der Waals surface area contributed by atoms with E-state index >= 15 is 0 Å². The Bertz CT molecular complexity index is 278. The number of nitrogens with zero attached hydrogens (tertiary/aromatic N) is 2. The van der Waals surface area contributed by atoms with Crippen LogP contribution in [0.5, 0.6) is 0 Å². The van der Waals surface area contributed by atoms with Crippen molar-refractivity contribution >= 4 is 20.2 Å². The van der Waals surface area contributed by atoms with E-state index < -0.39 is 8.40 Å². The molecular weight excluding hydrogens is 256 g/mol. The lowest BCUT2D eigenvalue weighted by molar-refractivity contribution is -0.127. The summed E-state index contributed by atoms with van der Waals surface area (Å²) < 4.78 is 4.01. The molecule has 0 aliphatic heterocycles. The largest absolute Gasteiger partial charge is 0.352 e. The Kier molecular flexibility index (Phi) is 7.98. The molecule has 0 heterocycles. The maximum atomic E-state index is 12.0. The van der Waals surface area contributed by atoms with Crippen molar-refractivity contribution in [3.8, 4) is 0 Å². The molecule has 0 N–H and O–H groups in total. The summed E-state index contributed by atoms with van der Waals surface area (Å²) in [5, 5.41) is 0. The molecule has 0 aromatic carbocycles. The van der Waals surface area contributed by atoms with Gasteiger partial charge in [0, 0.05) is 26.9 Å². The first-order chi connectivity index (χ1) is 8.91. The van der Waals surface area contributed by atoms with E-state index in [1.165, 1.54) is 0 Å². The van der Waals surface area contributed by atoms with Gasteiger partial charge in [0.05, 0.1) is 0 Å². The second-order valence-corrected chi connectivity index (χ2v) is 9.05. The molecule has 0 atom stereocenters. The van der Waals surface area contributed by atoms with E-state index in [1.54, 1.807) is 13.8 Å². The van der Waals surface area contributed by atoms with Gasteiger partial charge in [-0.3, -0.25) is 9.59 Å². The minimum Gasteiger partial charge on any atom is -0.352 e. The highest BCUT2D eigenvalue weighted by Gasteiger charge is 2.46. The molecule has 0 saturated heterocycles. The molecule has 0 rings (SSSR count). The van der Waals surface area contributed by atoms with Crippen LogP contribution in [0.4, 0.5) is 0 Å². The molecule has 0 aromatic heterocycles. The van der Waals surface area contributed by atoms with Crippen LogP contribution in [0.3, 0.4) is 0 Å². The molecule has 0 unspecified atom stereocenters. The Labute approximate surface area is 119 Å². The highest BCUT2D eigenvalue weighted by atomic mass is 28.3. The van der Waals surface area contributed by atoms with Crippen LogP contribution in [0.2, 0.25) is 12.1 Å². The molecule has 19 heavy (non-hydrogen) atoms. The molecule has 2 amide bonds. The van der Waals surface area contributed by atoms with Crippen molar-refractivity contribution in [2.75, 3.05) is 13.1 Å². The SMILES string of the molecule is CCC[Si](CCC)(N(CC)C(C)=O)N(CC)C(C)=O. The third-order valence-electron chi connectivity index (χ3n) is 3.70. The number of carbonyl (C=O) groups excluding carboxylic acids is 2. The summed E-state index contributed by atoms with van der Waals surface area (Å²) in [5.41, 5.74) is 0. The van der Waals surface area contributed by atoms with Crippen molar-refractivity contribution in [1.82, 2.24) is 9.13 Å². The number of amides is 2. The van der Waals surface area contributed by atoms with Gasteiger partial charge < -0.3 is 9.13 Å². The van der Waals surface area contributed by atoms with E-state index in [0.717, 1.165) is 24.9 Å². The first-order valence-electron chi connectivity index (χ1n) is 7.47. The zero-order valence-corrected chi connectivity index (χ0v) is 14.5. The van der Waals surface area contributed by atoms with Crippen LogP contribution in [-0.4, -0.2) is 42.4 Å². The topological polar surface area (TPSA) is 40.6 Å². The first kappa shape index (κ1) is 18.2. The standard InChI is InChI=1S/C14H30N2O2Si/c1-7-11-19(12-8-2,15(9-3)13(5)17)16(10-4)14(6)18/h7-12H2,1-6H3. The summed E-state index contributed by atoms with van der Waals surface area (Å²) in [6.07, 6.45) is 2.03. The average molecular weight is 286 g/mol. The van der Waals surface area contributed by atoms with Crippen LogP contribution in [-0.2, 0) is 9.59 Å². The van der Waals surface area contributed by atoms with Gasteiger partial charge in [-0.2, -0.15) is 0 Å². The summed E-state index contributed by atoms with van der Waals surface area (Å²) in [6.45, 7) is 13.0. The van der Waals surface area contributed by atoms with Gasteiger partial charge in [0.15, 0.2) is 0 Å². The van der Waals surface area contributed by atoms with E-state index in [-0.39, 0.29) is 11.8 Å². The third kappa shape index (κ3) is 4.06. The van der Waals surface area contributed by atoms with Crippen LogP contribution in [0.1, 0.15) is 54.4 Å². The lowest BCUT2D eigenvalue weighted by atomic mass is 10.6. The summed E-state index contributed by atoms with van der Waals surface area (Å²) >= 11 is 0. The van der Waals surface area contributed by atoms with Gasteiger partial charge in [-0.1, -0.05) is 26.7 Å². The fraction of sp³-hybridized carbons (Fsp3) is 0.857. The summed E-state index contributed by atoms with van der Waals surface area (Å²) in [5.74, 6) is 0.214. The van der Waals surface area contributed by atoms with E-state index in [2.05, 4.69) is 13.8 Å². The monoisotopic (exact) mass is 286 g/mol. The normalized spacial score (nSPS) is 11.3. The van der Waals surface area contributed by atoms with Crippen molar-refractivity contribution in [1.29, 1.82) is 0 Å². The maximum Gasteiger partial charge on any atom is 0.268 e. The van der Waals surface area contributed by atoms with Crippen LogP contribution in [0.25, 0.3) is 0 Å². The van der Waals surface area contributed by atoms with Crippen molar-refractivity contribution < 1.29 is 9.59 Å². The fourth-order valence-electron chi connectivity index (χ4n) is 3.23. The minimum absolute atomic E-state index is 0.107. The van der Waals surface area contributed by atoms with Crippen molar-refractivity contribution in [2.24, 2.45) is 0 Å². The molecule has 0 aliphatic carbocycles. The van der Waals surface area contributed by atoms with E-state index in [4.69, 9.17) is 0 Å². The lowest BCUT2D eigenvalue weighted by Gasteiger charge is -2.48. The molecule has 0 fully saturated rings. The van der Waals surface area contributed by atoms with Crippen molar-refractivity contribution in [3.63, 3.8) is 0 Å². The summed E-state index contributed by atoms with van der Waals surface area (Å²) in [6, 6.07) is 1.95. The summed E-state index contributed by atoms with van der Waals surface area (Å²) in [7, 11) is -2.21. The van der Waals surface area contributed by atoms with Gasteiger partial charge >= 0.3 is 0 Å². The Morgan fingerprint density at radius 2 is 1.11 bits per heavy atom. The van der Waals surface area contributed by atoms with Crippen LogP contribution in [0, 0.1) is 0 Å². The third-order valence-corrected chi connectivity index (χ3v) is 9.57. The number of rotatable bonds is 8. The number of carbonyl (C=O) groups is 2. The number of hydrogen-bond acceptors (Lipinski definition) is 2. The van der Waals surface area contributed by atoms with Gasteiger partial charge in [-0.15, -0.1) is 0 Å². The zero-order chi connectivity index (χ0) is 15.1. The molecule has 0 aromatic rings. The van der Waals surface area contributed by atoms with Gasteiger partial charge in [0.25, 0.3) is 8.40 Å². The van der Waals surface area contributed by atoms with E-state index in [1.807, 2.05) is 23.0 Å². The van der Waals surface area contributed by atoms with Crippen molar-refractivity contribution in [3.05, 3.63) is 0 Å². The molecule has 4 nitrogen and oxygen atoms in total. The van der Waals surface area contributed by atoms with Gasteiger partial charge in [0.2, 0.25) is 11.8 Å². The summed E-state index contributed by atoms with van der Waals surface area (Å²) in [4.78, 5) is 24.1. The molecule has 5 heteroatoms. The Morgan fingerprint density at radius 1 is 0.789 bits per heavy atom. The van der Waals surface area contributed by atoms with E-state index in [9.17, 15) is 9.59 Å². The highest BCUT2D eigenvalue weighted by Crippen LogP contribution is 2.28. The van der Waals surface area contributed by atoms with E-state index in [0.29, 0.717) is 13.1 Å². The fourth-order valence-corrected chi connectivity index (χ4v) is 8.80. The zero-order valence-electron chi connectivity index (χ0n) is 13.5. The predicted octanol–water partition coefficient (Wildman–Crippen LogP) is 2.99. The highest BCUT2D eigenvalue weighted by molar-refractivity contribution is 6.78. The van der Waals surface area contributed by atoms with Gasteiger partial charge in [-0.05, 0) is 25.9 Å². The van der Waals surface area contributed by atoms with Gasteiger partial charge in [-0.25, -0.2) is 0 Å². The molecule has 0 aliphatic rings. The Morgan fingerprint density at radius 3 is 1.26 bits per heavy atom. The molecule has 0 radical (unpaired) electrons. The quantitative estimate of drug-likeness (QED) is 0.644. The minimum atomic E-state index is -2.21. The average Bonchev–Trinajstić information content (AvgIpc) is 2.30. The molecule has 112 valence electrons. The smallest absolute Gasteiger partial charge is 0.268 e. The first-order valence-corrected chi connectivity index (χ1v) is 9.78. The Hall–Kier alpha value is -0.843. The lowest BCUT2D eigenvalue weighted by Crippen LogP contribution is -2.67. The second kappa shape index (κ2) is 8.35. The Balaban J connectivity index is 5.74. The number of hydrogen-bond donors (Lipinski definition) is 0. The predicted molar refractivity (Wildman–Crippen MR) is 82.1 cm³/mol. The van der Waals surface area contributed by atoms with Crippen LogP contribution >= 0.6 is 0 Å². The van der Waals surface area contributed by atoms with Crippen LogP contribution in [0.15, 0.2) is 0 Å². The second-order valence-electron chi connectivity index (χ2n) is 5.01. The van der Waals surface area contributed by atoms with Crippen molar-refractivity contribution in [2.45, 2.75) is 66.5 Å². The molecular formula is C14H30N2O2Si.